The first-order chi connectivity index (χ1) is 14.5. The fourth-order valence-electron chi connectivity index (χ4n) is 3.47. The lowest BCUT2D eigenvalue weighted by Crippen LogP contribution is -2.35. The number of fused-ring (bicyclic) bond motifs is 1. The predicted molar refractivity (Wildman–Crippen MR) is 121 cm³/mol. The average Bonchev–Trinajstić information content (AvgIpc) is 3.00. The molecule has 2 N–H and O–H groups in total. The smallest absolute Gasteiger partial charge is 0.252 e. The highest BCUT2D eigenvalue weighted by molar-refractivity contribution is 7.89. The first-order valence-electron chi connectivity index (χ1n) is 10.2. The molecule has 0 aliphatic carbocycles. The van der Waals surface area contributed by atoms with Crippen LogP contribution in [0.25, 0.3) is 11.0 Å². The van der Waals surface area contributed by atoms with Gasteiger partial charge in [-0.1, -0.05) is 26.0 Å². The largest absolute Gasteiger partial charge is 0.351 e. The molecular formula is C22H29N5O3S. The quantitative estimate of drug-likeness (QED) is 0.546. The molecule has 0 radical (unpaired) electrons. The van der Waals surface area contributed by atoms with Crippen molar-refractivity contribution in [1.29, 1.82) is 0 Å². The number of aryl methyl sites for hydroxylation is 4. The Hall–Kier alpha value is -2.78. The number of pyridine rings is 1. The number of sulfonamides is 1. The monoisotopic (exact) mass is 443 g/mol. The SMILES string of the molecule is Cc1ccc(C)c(S(=O)(=O)NCCNC(=O)c2cc(C(C)C)nc3c2c(C)nn3C)c1. The summed E-state index contributed by atoms with van der Waals surface area (Å²) in [6.45, 7) is 9.71. The molecule has 1 aromatic carbocycles. The number of nitrogens with one attached hydrogen (secondary N) is 2. The highest BCUT2D eigenvalue weighted by Crippen LogP contribution is 2.24. The summed E-state index contributed by atoms with van der Waals surface area (Å²) >= 11 is 0. The normalized spacial score (nSPS) is 12.0. The third-order valence-corrected chi connectivity index (χ3v) is 6.76. The van der Waals surface area contributed by atoms with Crippen LogP contribution in [0.5, 0.6) is 0 Å². The van der Waals surface area contributed by atoms with Gasteiger partial charge in [-0.2, -0.15) is 5.10 Å². The van der Waals surface area contributed by atoms with Crippen LogP contribution in [0.1, 0.15) is 52.6 Å². The van der Waals surface area contributed by atoms with Crippen molar-refractivity contribution >= 4 is 27.0 Å². The van der Waals surface area contributed by atoms with Gasteiger partial charge in [-0.25, -0.2) is 18.1 Å². The van der Waals surface area contributed by atoms with Crippen molar-refractivity contribution in [3.8, 4) is 0 Å². The second kappa shape index (κ2) is 8.76. The fourth-order valence-corrected chi connectivity index (χ4v) is 4.83. The minimum Gasteiger partial charge on any atom is -0.351 e. The van der Waals surface area contributed by atoms with E-state index >= 15 is 0 Å². The molecule has 3 aromatic rings. The number of carbonyl (C=O) groups excluding carboxylic acids is 1. The third kappa shape index (κ3) is 4.77. The van der Waals surface area contributed by atoms with E-state index in [4.69, 9.17) is 0 Å². The molecule has 31 heavy (non-hydrogen) atoms. The minimum atomic E-state index is -3.66. The van der Waals surface area contributed by atoms with Crippen molar-refractivity contribution < 1.29 is 13.2 Å². The number of hydrogen-bond donors (Lipinski definition) is 2. The summed E-state index contributed by atoms with van der Waals surface area (Å²) in [7, 11) is -1.85. The van der Waals surface area contributed by atoms with Crippen LogP contribution >= 0.6 is 0 Å². The van der Waals surface area contributed by atoms with Gasteiger partial charge in [-0.05, 0) is 49.9 Å². The Kier molecular flexibility index (Phi) is 6.47. The molecule has 0 fully saturated rings. The Balaban J connectivity index is 1.74. The van der Waals surface area contributed by atoms with Gasteiger partial charge in [0.15, 0.2) is 5.65 Å². The summed E-state index contributed by atoms with van der Waals surface area (Å²) < 4.78 is 29.5. The number of nitrogens with zero attached hydrogens (tertiary/aromatic N) is 3. The third-order valence-electron chi connectivity index (χ3n) is 5.16. The van der Waals surface area contributed by atoms with Crippen molar-refractivity contribution in [1.82, 2.24) is 24.8 Å². The molecule has 166 valence electrons. The van der Waals surface area contributed by atoms with E-state index < -0.39 is 10.0 Å². The van der Waals surface area contributed by atoms with E-state index in [0.717, 1.165) is 17.0 Å². The number of amides is 1. The molecule has 2 aromatic heterocycles. The number of rotatable bonds is 7. The molecule has 0 atom stereocenters. The van der Waals surface area contributed by atoms with E-state index in [1.165, 1.54) is 0 Å². The Labute approximate surface area is 183 Å². The van der Waals surface area contributed by atoms with Crippen molar-refractivity contribution in [2.75, 3.05) is 13.1 Å². The molecule has 0 saturated carbocycles. The van der Waals surface area contributed by atoms with Crippen molar-refractivity contribution in [2.45, 2.75) is 45.4 Å². The second-order valence-electron chi connectivity index (χ2n) is 8.08. The fraction of sp³-hybridized carbons (Fsp3) is 0.409. The van der Waals surface area contributed by atoms with Crippen LogP contribution in [-0.2, 0) is 17.1 Å². The van der Waals surface area contributed by atoms with Crippen molar-refractivity contribution in [2.24, 2.45) is 7.05 Å². The Bertz CT molecular complexity index is 1250. The second-order valence-corrected chi connectivity index (χ2v) is 9.82. The van der Waals surface area contributed by atoms with Crippen LogP contribution in [0.3, 0.4) is 0 Å². The van der Waals surface area contributed by atoms with Crippen LogP contribution in [0, 0.1) is 20.8 Å². The average molecular weight is 444 g/mol. The van der Waals surface area contributed by atoms with Crippen LogP contribution in [0.4, 0.5) is 0 Å². The zero-order valence-electron chi connectivity index (χ0n) is 18.8. The van der Waals surface area contributed by atoms with Gasteiger partial charge in [0.1, 0.15) is 0 Å². The molecule has 0 aliphatic heterocycles. The van der Waals surface area contributed by atoms with Gasteiger partial charge in [-0.15, -0.1) is 0 Å². The molecule has 2 heterocycles. The standard InChI is InChI=1S/C22H29N5O3S/c1-13(2)18-12-17(20-16(5)26-27(6)21(20)25-18)22(28)23-9-10-24-31(29,30)19-11-14(3)7-8-15(19)4/h7-8,11-13,24H,9-10H2,1-6H3,(H,23,28). The predicted octanol–water partition coefficient (Wildman–Crippen LogP) is 2.73. The van der Waals surface area contributed by atoms with E-state index in [2.05, 4.69) is 20.1 Å². The Morgan fingerprint density at radius 1 is 1.13 bits per heavy atom. The zero-order chi connectivity index (χ0) is 22.9. The molecule has 0 bridgehead atoms. The van der Waals surface area contributed by atoms with E-state index in [-0.39, 0.29) is 29.8 Å². The van der Waals surface area contributed by atoms with Crippen LogP contribution in [0.15, 0.2) is 29.2 Å². The number of carbonyl (C=O) groups is 1. The molecular weight excluding hydrogens is 414 g/mol. The molecule has 8 nitrogen and oxygen atoms in total. The first-order valence-corrected chi connectivity index (χ1v) is 11.7. The highest BCUT2D eigenvalue weighted by Gasteiger charge is 2.20. The molecule has 0 saturated heterocycles. The van der Waals surface area contributed by atoms with Crippen LogP contribution in [-0.4, -0.2) is 42.2 Å². The number of hydrogen-bond acceptors (Lipinski definition) is 5. The van der Waals surface area contributed by atoms with Crippen LogP contribution < -0.4 is 10.0 Å². The summed E-state index contributed by atoms with van der Waals surface area (Å²) in [4.78, 5) is 17.8. The van der Waals surface area contributed by atoms with E-state index in [1.54, 1.807) is 36.9 Å². The highest BCUT2D eigenvalue weighted by atomic mass is 32.2. The zero-order valence-corrected chi connectivity index (χ0v) is 19.6. The van der Waals surface area contributed by atoms with E-state index in [0.29, 0.717) is 22.2 Å². The Morgan fingerprint density at radius 3 is 2.52 bits per heavy atom. The maximum absolute atomic E-state index is 12.9. The van der Waals surface area contributed by atoms with Gasteiger partial charge in [-0.3, -0.25) is 9.48 Å². The maximum atomic E-state index is 12.9. The van der Waals surface area contributed by atoms with Gasteiger partial charge in [0.2, 0.25) is 10.0 Å². The number of aromatic nitrogens is 3. The molecule has 1 amide bonds. The lowest BCUT2D eigenvalue weighted by molar-refractivity contribution is 0.0955. The molecule has 0 aliphatic rings. The molecule has 0 spiro atoms. The summed E-state index contributed by atoms with van der Waals surface area (Å²) in [5.41, 5.74) is 4.22. The van der Waals surface area contributed by atoms with Crippen molar-refractivity contribution in [3.05, 3.63) is 52.3 Å². The molecule has 9 heteroatoms. The Morgan fingerprint density at radius 2 is 1.84 bits per heavy atom. The topological polar surface area (TPSA) is 106 Å². The number of benzene rings is 1. The summed E-state index contributed by atoms with van der Waals surface area (Å²) in [5, 5.41) is 7.92. The van der Waals surface area contributed by atoms with Gasteiger partial charge >= 0.3 is 0 Å². The van der Waals surface area contributed by atoms with Crippen molar-refractivity contribution in [3.63, 3.8) is 0 Å². The van der Waals surface area contributed by atoms with E-state index in [1.807, 2.05) is 33.8 Å². The lowest BCUT2D eigenvalue weighted by atomic mass is 10.0. The maximum Gasteiger partial charge on any atom is 0.252 e. The molecule has 0 unspecified atom stereocenters. The van der Waals surface area contributed by atoms with Gasteiger partial charge in [0, 0.05) is 25.8 Å². The summed E-state index contributed by atoms with van der Waals surface area (Å²) in [6, 6.07) is 7.08. The van der Waals surface area contributed by atoms with E-state index in [9.17, 15) is 13.2 Å². The molecule has 3 rings (SSSR count). The van der Waals surface area contributed by atoms with Gasteiger partial charge in [0.05, 0.1) is 21.5 Å². The lowest BCUT2D eigenvalue weighted by Gasteiger charge is -2.12. The minimum absolute atomic E-state index is 0.0821. The van der Waals surface area contributed by atoms with Crippen LogP contribution in [0.2, 0.25) is 0 Å². The summed E-state index contributed by atoms with van der Waals surface area (Å²) in [5.74, 6) is -0.133. The first kappa shape index (κ1) is 22.9. The summed E-state index contributed by atoms with van der Waals surface area (Å²) in [6.07, 6.45) is 0. The van der Waals surface area contributed by atoms with Gasteiger partial charge in [0.25, 0.3) is 5.91 Å². The van der Waals surface area contributed by atoms with Gasteiger partial charge < -0.3 is 5.32 Å².